The van der Waals surface area contributed by atoms with Crippen LogP contribution in [0.25, 0.3) is 0 Å². The fraction of sp³-hybridized carbons (Fsp3) is 0.0833. The van der Waals surface area contributed by atoms with Crippen molar-refractivity contribution in [2.24, 2.45) is 0 Å². The van der Waals surface area contributed by atoms with Gasteiger partial charge in [-0.2, -0.15) is 0 Å². The van der Waals surface area contributed by atoms with Gasteiger partial charge in [0.05, 0.1) is 23.3 Å². The molecule has 0 aliphatic heterocycles. The predicted octanol–water partition coefficient (Wildman–Crippen LogP) is 2.85. The lowest BCUT2D eigenvalue weighted by Gasteiger charge is -2.08. The van der Waals surface area contributed by atoms with Crippen LogP contribution < -0.4 is 11.1 Å². The first kappa shape index (κ1) is 10.4. The Morgan fingerprint density at radius 3 is 2.75 bits per heavy atom. The van der Waals surface area contributed by atoms with E-state index in [-0.39, 0.29) is 5.82 Å². The van der Waals surface area contributed by atoms with E-state index in [1.807, 2.05) is 13.0 Å². The zero-order valence-electron chi connectivity index (χ0n) is 8.87. The van der Waals surface area contributed by atoms with Gasteiger partial charge in [-0.25, -0.2) is 4.39 Å². The van der Waals surface area contributed by atoms with Gasteiger partial charge in [0, 0.05) is 6.20 Å². The highest BCUT2D eigenvalue weighted by molar-refractivity contribution is 5.62. The molecule has 0 radical (unpaired) electrons. The summed E-state index contributed by atoms with van der Waals surface area (Å²) >= 11 is 0. The highest BCUT2D eigenvalue weighted by Gasteiger charge is 2.02. The monoisotopic (exact) mass is 217 g/mol. The van der Waals surface area contributed by atoms with Crippen molar-refractivity contribution in [1.82, 2.24) is 4.98 Å². The summed E-state index contributed by atoms with van der Waals surface area (Å²) in [5.41, 5.74) is 8.08. The number of anilines is 3. The molecule has 82 valence electrons. The van der Waals surface area contributed by atoms with Crippen LogP contribution in [0, 0.1) is 12.7 Å². The zero-order valence-corrected chi connectivity index (χ0v) is 8.87. The van der Waals surface area contributed by atoms with Gasteiger partial charge in [0.2, 0.25) is 0 Å². The van der Waals surface area contributed by atoms with Crippen LogP contribution in [0.1, 0.15) is 5.56 Å². The summed E-state index contributed by atoms with van der Waals surface area (Å²) < 4.78 is 13.5. The summed E-state index contributed by atoms with van der Waals surface area (Å²) in [6.45, 7) is 1.84. The number of hydrogen-bond acceptors (Lipinski definition) is 3. The molecule has 3 nitrogen and oxygen atoms in total. The largest absolute Gasteiger partial charge is 0.397 e. The second kappa shape index (κ2) is 4.18. The van der Waals surface area contributed by atoms with E-state index in [4.69, 9.17) is 5.73 Å². The predicted molar refractivity (Wildman–Crippen MR) is 63.1 cm³/mol. The summed E-state index contributed by atoms with van der Waals surface area (Å²) in [5, 5.41) is 2.92. The lowest BCUT2D eigenvalue weighted by Crippen LogP contribution is -1.96. The third-order valence-electron chi connectivity index (χ3n) is 2.16. The van der Waals surface area contributed by atoms with Crippen LogP contribution in [-0.2, 0) is 0 Å². The molecule has 4 heteroatoms. The summed E-state index contributed by atoms with van der Waals surface area (Å²) in [5.74, 6) is -0.289. The molecular formula is C12H12FN3. The second-order valence-electron chi connectivity index (χ2n) is 3.62. The lowest BCUT2D eigenvalue weighted by molar-refractivity contribution is 0.630. The van der Waals surface area contributed by atoms with Crippen molar-refractivity contribution in [3.8, 4) is 0 Å². The fourth-order valence-corrected chi connectivity index (χ4v) is 1.40. The first-order valence-corrected chi connectivity index (χ1v) is 4.89. The molecule has 1 heterocycles. The fourth-order valence-electron chi connectivity index (χ4n) is 1.40. The number of pyridine rings is 1. The molecule has 0 unspecified atom stereocenters. The van der Waals surface area contributed by atoms with E-state index in [2.05, 4.69) is 10.3 Å². The van der Waals surface area contributed by atoms with Gasteiger partial charge in [-0.1, -0.05) is 6.07 Å². The van der Waals surface area contributed by atoms with E-state index >= 15 is 0 Å². The van der Waals surface area contributed by atoms with E-state index in [1.54, 1.807) is 18.3 Å². The quantitative estimate of drug-likeness (QED) is 0.813. The maximum absolute atomic E-state index is 13.5. The van der Waals surface area contributed by atoms with E-state index in [0.717, 1.165) is 5.56 Å². The van der Waals surface area contributed by atoms with Gasteiger partial charge in [-0.05, 0) is 30.7 Å². The Bertz CT molecular complexity index is 511. The molecule has 0 bridgehead atoms. The Morgan fingerprint density at radius 2 is 2.06 bits per heavy atom. The standard InChI is InChI=1S/C12H12FN3/c1-8-2-3-12(11(13)4-8)16-10-5-9(14)6-15-7-10/h2-7,16H,14H2,1H3. The van der Waals surface area contributed by atoms with Gasteiger partial charge in [-0.3, -0.25) is 4.98 Å². The Labute approximate surface area is 93.1 Å². The Balaban J connectivity index is 2.27. The highest BCUT2D eigenvalue weighted by atomic mass is 19.1. The molecule has 1 aromatic carbocycles. The maximum atomic E-state index is 13.5. The molecular weight excluding hydrogens is 205 g/mol. The molecule has 0 spiro atoms. The highest BCUT2D eigenvalue weighted by Crippen LogP contribution is 2.21. The average molecular weight is 217 g/mol. The normalized spacial score (nSPS) is 10.1. The third kappa shape index (κ3) is 2.28. The number of benzene rings is 1. The second-order valence-corrected chi connectivity index (χ2v) is 3.62. The number of nitrogens with two attached hydrogens (primary N) is 1. The third-order valence-corrected chi connectivity index (χ3v) is 2.16. The Morgan fingerprint density at radius 1 is 1.25 bits per heavy atom. The van der Waals surface area contributed by atoms with Crippen molar-refractivity contribution >= 4 is 17.1 Å². The average Bonchev–Trinajstić information content (AvgIpc) is 2.22. The summed E-state index contributed by atoms with van der Waals surface area (Å²) in [7, 11) is 0. The van der Waals surface area contributed by atoms with E-state index < -0.39 is 0 Å². The zero-order chi connectivity index (χ0) is 11.5. The van der Waals surface area contributed by atoms with Crippen molar-refractivity contribution < 1.29 is 4.39 Å². The van der Waals surface area contributed by atoms with Gasteiger partial charge in [0.1, 0.15) is 5.82 Å². The SMILES string of the molecule is Cc1ccc(Nc2cncc(N)c2)c(F)c1. The van der Waals surface area contributed by atoms with Gasteiger partial charge < -0.3 is 11.1 Å². The van der Waals surface area contributed by atoms with Gasteiger partial charge >= 0.3 is 0 Å². The van der Waals surface area contributed by atoms with E-state index in [0.29, 0.717) is 17.1 Å². The van der Waals surface area contributed by atoms with Crippen LogP contribution in [0.5, 0.6) is 0 Å². The van der Waals surface area contributed by atoms with Crippen LogP contribution in [0.3, 0.4) is 0 Å². The van der Waals surface area contributed by atoms with Crippen LogP contribution in [0.4, 0.5) is 21.5 Å². The van der Waals surface area contributed by atoms with Crippen LogP contribution >= 0.6 is 0 Å². The molecule has 2 aromatic rings. The topological polar surface area (TPSA) is 50.9 Å². The van der Waals surface area contributed by atoms with E-state index in [1.165, 1.54) is 12.3 Å². The molecule has 16 heavy (non-hydrogen) atoms. The molecule has 0 saturated heterocycles. The van der Waals surface area contributed by atoms with E-state index in [9.17, 15) is 4.39 Å². The van der Waals surface area contributed by atoms with Crippen LogP contribution in [0.15, 0.2) is 36.7 Å². The molecule has 0 atom stereocenters. The van der Waals surface area contributed by atoms with Gasteiger partial charge in [0.25, 0.3) is 0 Å². The molecule has 0 aliphatic rings. The van der Waals surface area contributed by atoms with Gasteiger partial charge in [-0.15, -0.1) is 0 Å². The lowest BCUT2D eigenvalue weighted by atomic mass is 10.2. The van der Waals surface area contributed by atoms with Crippen molar-refractivity contribution in [1.29, 1.82) is 0 Å². The minimum atomic E-state index is -0.289. The van der Waals surface area contributed by atoms with Crippen molar-refractivity contribution in [2.45, 2.75) is 6.92 Å². The molecule has 0 fully saturated rings. The number of aryl methyl sites for hydroxylation is 1. The maximum Gasteiger partial charge on any atom is 0.146 e. The Hall–Kier alpha value is -2.10. The van der Waals surface area contributed by atoms with Crippen molar-refractivity contribution in [3.05, 3.63) is 48.0 Å². The molecule has 1 aromatic heterocycles. The minimum absolute atomic E-state index is 0.289. The molecule has 0 amide bonds. The van der Waals surface area contributed by atoms with Crippen LogP contribution in [0.2, 0.25) is 0 Å². The number of rotatable bonds is 2. The molecule has 0 saturated carbocycles. The Kier molecular flexibility index (Phi) is 2.72. The van der Waals surface area contributed by atoms with Crippen molar-refractivity contribution in [2.75, 3.05) is 11.1 Å². The summed E-state index contributed by atoms with van der Waals surface area (Å²) in [6.07, 6.45) is 3.13. The van der Waals surface area contributed by atoms with Crippen LogP contribution in [-0.4, -0.2) is 4.98 Å². The number of nitrogen functional groups attached to an aromatic ring is 1. The number of nitrogens with zero attached hydrogens (tertiary/aromatic N) is 1. The summed E-state index contributed by atoms with van der Waals surface area (Å²) in [4.78, 5) is 3.92. The first-order valence-electron chi connectivity index (χ1n) is 4.89. The van der Waals surface area contributed by atoms with Crippen molar-refractivity contribution in [3.63, 3.8) is 0 Å². The number of hydrogen-bond donors (Lipinski definition) is 2. The molecule has 3 N–H and O–H groups in total. The molecule has 2 rings (SSSR count). The first-order chi connectivity index (χ1) is 7.65. The number of nitrogens with one attached hydrogen (secondary N) is 1. The number of halogens is 1. The summed E-state index contributed by atoms with van der Waals surface area (Å²) in [6, 6.07) is 6.70. The smallest absolute Gasteiger partial charge is 0.146 e. The van der Waals surface area contributed by atoms with Gasteiger partial charge in [0.15, 0.2) is 0 Å². The minimum Gasteiger partial charge on any atom is -0.397 e. The molecule has 0 aliphatic carbocycles. The number of aromatic nitrogens is 1.